The lowest BCUT2D eigenvalue weighted by molar-refractivity contribution is -0.114. The highest BCUT2D eigenvalue weighted by Gasteiger charge is 2.02. The number of aromatic nitrogens is 2. The predicted octanol–water partition coefficient (Wildman–Crippen LogP) is 4.22. The van der Waals surface area contributed by atoms with Crippen molar-refractivity contribution >= 4 is 29.0 Å². The fraction of sp³-hybridized carbons (Fsp3) is 0.190. The third-order valence-corrected chi connectivity index (χ3v) is 3.88. The molecule has 0 atom stereocenters. The maximum absolute atomic E-state index is 11.2. The van der Waals surface area contributed by atoms with Crippen molar-refractivity contribution in [3.05, 3.63) is 72.4 Å². The van der Waals surface area contributed by atoms with Crippen LogP contribution in [-0.4, -0.2) is 22.4 Å². The summed E-state index contributed by atoms with van der Waals surface area (Å²) in [6.07, 6.45) is 3.73. The number of rotatable bonds is 8. The van der Waals surface area contributed by atoms with Gasteiger partial charge in [0.1, 0.15) is 5.82 Å². The van der Waals surface area contributed by atoms with E-state index in [2.05, 4.69) is 50.2 Å². The summed E-state index contributed by atoms with van der Waals surface area (Å²) in [6.45, 7) is 2.29. The number of nitrogens with zero attached hydrogens (tertiary/aromatic N) is 2. The Hall–Kier alpha value is -3.41. The van der Waals surface area contributed by atoms with E-state index in [-0.39, 0.29) is 5.91 Å². The number of aryl methyl sites for hydroxylation is 1. The average molecular weight is 361 g/mol. The minimum atomic E-state index is -0.101. The van der Waals surface area contributed by atoms with E-state index in [1.165, 1.54) is 12.5 Å². The zero-order valence-corrected chi connectivity index (χ0v) is 15.3. The highest BCUT2D eigenvalue weighted by Crippen LogP contribution is 2.19. The predicted molar refractivity (Wildman–Crippen MR) is 109 cm³/mol. The van der Waals surface area contributed by atoms with E-state index >= 15 is 0 Å². The van der Waals surface area contributed by atoms with E-state index in [0.717, 1.165) is 30.8 Å². The van der Waals surface area contributed by atoms with E-state index in [9.17, 15) is 4.79 Å². The molecule has 3 N–H and O–H groups in total. The summed E-state index contributed by atoms with van der Waals surface area (Å²) in [7, 11) is 0. The molecule has 1 aromatic heterocycles. The molecule has 0 saturated carbocycles. The number of benzene rings is 2. The van der Waals surface area contributed by atoms with Crippen molar-refractivity contribution in [2.75, 3.05) is 22.5 Å². The third-order valence-electron chi connectivity index (χ3n) is 3.88. The number of carbonyl (C=O) groups is 1. The van der Waals surface area contributed by atoms with Gasteiger partial charge in [-0.15, -0.1) is 0 Å². The molecule has 0 unspecified atom stereocenters. The van der Waals surface area contributed by atoms with Crippen LogP contribution in [0.25, 0.3) is 0 Å². The molecule has 3 aromatic rings. The van der Waals surface area contributed by atoms with Crippen LogP contribution in [0.4, 0.5) is 23.1 Å². The van der Waals surface area contributed by atoms with Crippen molar-refractivity contribution in [1.82, 2.24) is 9.97 Å². The summed E-state index contributed by atoms with van der Waals surface area (Å²) in [5.41, 5.74) is 2.91. The molecule has 0 aliphatic carbocycles. The molecule has 6 nitrogen and oxygen atoms in total. The fourth-order valence-electron chi connectivity index (χ4n) is 2.68. The number of carbonyl (C=O) groups excluding carboxylic acids is 1. The van der Waals surface area contributed by atoms with Gasteiger partial charge in [0, 0.05) is 31.0 Å². The first-order valence-corrected chi connectivity index (χ1v) is 8.94. The van der Waals surface area contributed by atoms with Gasteiger partial charge in [0.05, 0.1) is 0 Å². The number of amides is 1. The van der Waals surface area contributed by atoms with Crippen molar-refractivity contribution in [2.45, 2.75) is 19.8 Å². The Morgan fingerprint density at radius 2 is 1.81 bits per heavy atom. The first-order chi connectivity index (χ1) is 13.2. The van der Waals surface area contributed by atoms with E-state index in [1.807, 2.05) is 30.3 Å². The fourth-order valence-corrected chi connectivity index (χ4v) is 2.68. The van der Waals surface area contributed by atoms with Gasteiger partial charge in [0.15, 0.2) is 0 Å². The number of anilines is 4. The second-order valence-electron chi connectivity index (χ2n) is 6.17. The van der Waals surface area contributed by atoms with Crippen molar-refractivity contribution in [1.29, 1.82) is 0 Å². The van der Waals surface area contributed by atoms with Crippen molar-refractivity contribution in [3.63, 3.8) is 0 Å². The topological polar surface area (TPSA) is 78.9 Å². The van der Waals surface area contributed by atoms with Crippen LogP contribution in [-0.2, 0) is 11.2 Å². The maximum atomic E-state index is 11.2. The van der Waals surface area contributed by atoms with Crippen LogP contribution in [0.15, 0.2) is 66.9 Å². The van der Waals surface area contributed by atoms with Crippen LogP contribution in [0.5, 0.6) is 0 Å². The molecule has 0 aliphatic rings. The van der Waals surface area contributed by atoms with E-state index in [1.54, 1.807) is 12.3 Å². The monoisotopic (exact) mass is 361 g/mol. The number of hydrogen-bond donors (Lipinski definition) is 3. The summed E-state index contributed by atoms with van der Waals surface area (Å²) < 4.78 is 0. The van der Waals surface area contributed by atoms with Crippen LogP contribution >= 0.6 is 0 Å². The van der Waals surface area contributed by atoms with Gasteiger partial charge in [-0.25, -0.2) is 4.98 Å². The maximum Gasteiger partial charge on any atom is 0.224 e. The smallest absolute Gasteiger partial charge is 0.224 e. The largest absolute Gasteiger partial charge is 0.354 e. The lowest BCUT2D eigenvalue weighted by Crippen LogP contribution is -2.08. The molecular weight excluding hydrogens is 338 g/mol. The quantitative estimate of drug-likeness (QED) is 0.524. The molecule has 0 radical (unpaired) electrons. The normalized spacial score (nSPS) is 10.3. The molecule has 1 amide bonds. The molecule has 3 rings (SSSR count). The minimum absolute atomic E-state index is 0.101. The highest BCUT2D eigenvalue weighted by molar-refractivity contribution is 5.89. The molecule has 0 aliphatic heterocycles. The molecule has 0 fully saturated rings. The lowest BCUT2D eigenvalue weighted by atomic mass is 10.1. The van der Waals surface area contributed by atoms with Crippen LogP contribution in [0.1, 0.15) is 18.9 Å². The van der Waals surface area contributed by atoms with Gasteiger partial charge in [-0.1, -0.05) is 36.4 Å². The van der Waals surface area contributed by atoms with Gasteiger partial charge in [0.2, 0.25) is 11.9 Å². The molecule has 2 aromatic carbocycles. The third kappa shape index (κ3) is 6.11. The molecule has 6 heteroatoms. The Kier molecular flexibility index (Phi) is 6.35. The first-order valence-electron chi connectivity index (χ1n) is 8.94. The van der Waals surface area contributed by atoms with E-state index in [0.29, 0.717) is 11.8 Å². The van der Waals surface area contributed by atoms with Gasteiger partial charge in [0.25, 0.3) is 0 Å². The summed E-state index contributed by atoms with van der Waals surface area (Å²) in [6, 6.07) is 19.7. The van der Waals surface area contributed by atoms with E-state index < -0.39 is 0 Å². The molecule has 0 bridgehead atoms. The van der Waals surface area contributed by atoms with Crippen LogP contribution < -0.4 is 16.0 Å². The zero-order valence-electron chi connectivity index (χ0n) is 15.3. The average Bonchev–Trinajstić information content (AvgIpc) is 2.66. The molecule has 0 spiro atoms. The SMILES string of the molecule is CC(=O)Nc1cccc(Nc2ccnc(NCCCc3ccccc3)n2)c1. The van der Waals surface area contributed by atoms with E-state index in [4.69, 9.17) is 0 Å². The summed E-state index contributed by atoms with van der Waals surface area (Å²) in [5, 5.41) is 9.26. The lowest BCUT2D eigenvalue weighted by Gasteiger charge is -2.10. The number of hydrogen-bond acceptors (Lipinski definition) is 5. The van der Waals surface area contributed by atoms with Gasteiger partial charge in [-0.3, -0.25) is 4.79 Å². The Morgan fingerprint density at radius 1 is 1.00 bits per heavy atom. The summed E-state index contributed by atoms with van der Waals surface area (Å²) in [4.78, 5) is 19.9. The van der Waals surface area contributed by atoms with Crippen LogP contribution in [0.2, 0.25) is 0 Å². The van der Waals surface area contributed by atoms with Crippen LogP contribution in [0, 0.1) is 0 Å². The summed E-state index contributed by atoms with van der Waals surface area (Å²) in [5.74, 6) is 1.18. The van der Waals surface area contributed by atoms with Gasteiger partial charge in [-0.05, 0) is 42.7 Å². The Morgan fingerprint density at radius 3 is 2.63 bits per heavy atom. The minimum Gasteiger partial charge on any atom is -0.354 e. The molecule has 1 heterocycles. The number of nitrogens with one attached hydrogen (secondary N) is 3. The standard InChI is InChI=1S/C21H23N5O/c1-16(27)24-18-10-5-11-19(15-18)25-20-12-14-23-21(26-20)22-13-6-9-17-7-3-2-4-8-17/h2-5,7-8,10-12,14-15H,6,9,13H2,1H3,(H,24,27)(H2,22,23,25,26). The Labute approximate surface area is 159 Å². The van der Waals surface area contributed by atoms with Crippen molar-refractivity contribution < 1.29 is 4.79 Å². The highest BCUT2D eigenvalue weighted by atomic mass is 16.1. The van der Waals surface area contributed by atoms with Gasteiger partial charge < -0.3 is 16.0 Å². The van der Waals surface area contributed by atoms with Crippen molar-refractivity contribution in [2.24, 2.45) is 0 Å². The molecule has 0 saturated heterocycles. The second-order valence-corrected chi connectivity index (χ2v) is 6.17. The van der Waals surface area contributed by atoms with Crippen molar-refractivity contribution in [3.8, 4) is 0 Å². The van der Waals surface area contributed by atoms with Gasteiger partial charge >= 0.3 is 0 Å². The first kappa shape index (κ1) is 18.4. The molecule has 138 valence electrons. The molecule has 27 heavy (non-hydrogen) atoms. The molecular formula is C21H23N5O. The Bertz CT molecular complexity index is 883. The summed E-state index contributed by atoms with van der Waals surface area (Å²) >= 11 is 0. The zero-order chi connectivity index (χ0) is 18.9. The van der Waals surface area contributed by atoms with Gasteiger partial charge in [-0.2, -0.15) is 4.98 Å². The van der Waals surface area contributed by atoms with Crippen LogP contribution in [0.3, 0.4) is 0 Å². The second kappa shape index (κ2) is 9.33. The Balaban J connectivity index is 1.53.